The topological polar surface area (TPSA) is 48.8 Å². The van der Waals surface area contributed by atoms with Gasteiger partial charge in [0.1, 0.15) is 5.82 Å². The average Bonchev–Trinajstić information content (AvgIpc) is 2.63. The van der Waals surface area contributed by atoms with Crippen molar-refractivity contribution in [3.05, 3.63) is 71.7 Å². The third-order valence-corrected chi connectivity index (χ3v) is 4.03. The lowest BCUT2D eigenvalue weighted by molar-refractivity contribution is 0.619. The first-order chi connectivity index (χ1) is 11.6. The van der Waals surface area contributed by atoms with Crippen LogP contribution in [0.1, 0.15) is 11.1 Å². The molecule has 0 saturated heterocycles. The third kappa shape index (κ3) is 2.91. The van der Waals surface area contributed by atoms with Gasteiger partial charge < -0.3 is 10.7 Å². The van der Waals surface area contributed by atoms with E-state index < -0.39 is 0 Å². The number of aryl methyl sites for hydroxylation is 1. The van der Waals surface area contributed by atoms with Gasteiger partial charge in [-0.15, -0.1) is 0 Å². The van der Waals surface area contributed by atoms with Gasteiger partial charge in [0.15, 0.2) is 0 Å². The molecule has 0 unspecified atom stereocenters. The number of hydrogen-bond acceptors (Lipinski definition) is 3. The van der Waals surface area contributed by atoms with Crippen LogP contribution in [0.5, 0.6) is 0 Å². The highest BCUT2D eigenvalue weighted by molar-refractivity contribution is 5.90. The second-order valence-electron chi connectivity index (χ2n) is 5.56. The zero-order valence-corrected chi connectivity index (χ0v) is 13.6. The number of nitrogens with one attached hydrogen (secondary N) is 2. The maximum absolute atomic E-state index is 13.6. The number of halogens is 1. The number of benzene rings is 2. The Hall–Kier alpha value is -3.01. The minimum absolute atomic E-state index is 0.222. The molecule has 0 aliphatic heterocycles. The van der Waals surface area contributed by atoms with Crippen LogP contribution in [-0.2, 0) is 0 Å². The van der Waals surface area contributed by atoms with Crippen molar-refractivity contribution in [1.29, 1.82) is 5.41 Å². The van der Waals surface area contributed by atoms with E-state index in [0.29, 0.717) is 5.56 Å². The Labute approximate surface area is 140 Å². The lowest BCUT2D eigenvalue weighted by Gasteiger charge is -2.12. The van der Waals surface area contributed by atoms with Gasteiger partial charge in [0.25, 0.3) is 0 Å². The van der Waals surface area contributed by atoms with Gasteiger partial charge in [0.05, 0.1) is 5.69 Å². The van der Waals surface area contributed by atoms with Gasteiger partial charge in [-0.2, -0.15) is 0 Å². The summed E-state index contributed by atoms with van der Waals surface area (Å²) in [7, 11) is 1.83. The molecule has 0 atom stereocenters. The zero-order valence-electron chi connectivity index (χ0n) is 13.6. The summed E-state index contributed by atoms with van der Waals surface area (Å²) in [6.45, 7) is 1.75. The van der Waals surface area contributed by atoms with E-state index in [0.717, 1.165) is 33.6 Å². The molecule has 0 amide bonds. The monoisotopic (exact) mass is 319 g/mol. The number of rotatable bonds is 4. The van der Waals surface area contributed by atoms with Gasteiger partial charge in [0.2, 0.25) is 0 Å². The minimum atomic E-state index is -0.222. The fourth-order valence-corrected chi connectivity index (χ4v) is 2.74. The van der Waals surface area contributed by atoms with Crippen molar-refractivity contribution < 1.29 is 4.39 Å². The van der Waals surface area contributed by atoms with E-state index in [4.69, 9.17) is 5.41 Å². The quantitative estimate of drug-likeness (QED) is 0.672. The molecule has 4 heteroatoms. The van der Waals surface area contributed by atoms with E-state index in [2.05, 4.69) is 10.3 Å². The molecule has 1 aromatic heterocycles. The normalized spacial score (nSPS) is 10.5. The van der Waals surface area contributed by atoms with E-state index in [-0.39, 0.29) is 5.82 Å². The highest BCUT2D eigenvalue weighted by atomic mass is 19.1. The molecule has 0 aliphatic carbocycles. The summed E-state index contributed by atoms with van der Waals surface area (Å²) in [5.41, 5.74) is 5.89. The van der Waals surface area contributed by atoms with Crippen molar-refractivity contribution in [3.63, 3.8) is 0 Å². The zero-order chi connectivity index (χ0) is 17.1. The molecule has 0 fully saturated rings. The van der Waals surface area contributed by atoms with Crippen LogP contribution in [0.3, 0.4) is 0 Å². The predicted octanol–water partition coefficient (Wildman–Crippen LogP) is 4.90. The molecule has 0 bridgehead atoms. The molecule has 0 aliphatic rings. The summed E-state index contributed by atoms with van der Waals surface area (Å²) in [6.07, 6.45) is 3.06. The fraction of sp³-hybridized carbons (Fsp3) is 0.100. The van der Waals surface area contributed by atoms with E-state index in [1.165, 1.54) is 12.3 Å². The molecule has 0 saturated carbocycles. The van der Waals surface area contributed by atoms with Crippen molar-refractivity contribution in [2.75, 3.05) is 12.4 Å². The van der Waals surface area contributed by atoms with Crippen LogP contribution in [0, 0.1) is 18.2 Å². The van der Waals surface area contributed by atoms with E-state index in [9.17, 15) is 4.39 Å². The molecule has 3 aromatic rings. The van der Waals surface area contributed by atoms with Crippen molar-refractivity contribution in [3.8, 4) is 22.4 Å². The van der Waals surface area contributed by atoms with Gasteiger partial charge in [-0.05, 0) is 54.4 Å². The maximum atomic E-state index is 13.6. The Morgan fingerprint density at radius 3 is 2.58 bits per heavy atom. The van der Waals surface area contributed by atoms with Crippen LogP contribution in [0.25, 0.3) is 22.4 Å². The Morgan fingerprint density at radius 1 is 1.08 bits per heavy atom. The van der Waals surface area contributed by atoms with Crippen LogP contribution in [0.15, 0.2) is 54.7 Å². The van der Waals surface area contributed by atoms with Crippen LogP contribution >= 0.6 is 0 Å². The van der Waals surface area contributed by atoms with Crippen molar-refractivity contribution in [1.82, 2.24) is 4.98 Å². The Morgan fingerprint density at radius 2 is 1.88 bits per heavy atom. The lowest BCUT2D eigenvalue weighted by atomic mass is 9.96. The summed E-state index contributed by atoms with van der Waals surface area (Å²) >= 11 is 0. The van der Waals surface area contributed by atoms with Gasteiger partial charge >= 0.3 is 0 Å². The standard InChI is InChI=1S/C20H18FN3/c1-13-10-15(5-7-18(13)21)20-17(4-3-9-24-20)14-6-8-19(23-2)16(11-14)12-22/h3-12,22-23H,1-2H3. The molecule has 2 N–H and O–H groups in total. The van der Waals surface area contributed by atoms with Gasteiger partial charge in [0, 0.05) is 41.8 Å². The second kappa shape index (κ2) is 6.62. The molecule has 1 heterocycles. The third-order valence-electron chi connectivity index (χ3n) is 4.03. The molecule has 2 aromatic carbocycles. The van der Waals surface area contributed by atoms with Crippen LogP contribution in [-0.4, -0.2) is 18.2 Å². The summed E-state index contributed by atoms with van der Waals surface area (Å²) in [4.78, 5) is 4.50. The van der Waals surface area contributed by atoms with Crippen LogP contribution < -0.4 is 5.32 Å². The maximum Gasteiger partial charge on any atom is 0.126 e. The summed E-state index contributed by atoms with van der Waals surface area (Å²) in [6, 6.07) is 14.8. The van der Waals surface area contributed by atoms with Gasteiger partial charge in [-0.3, -0.25) is 4.98 Å². The predicted molar refractivity (Wildman–Crippen MR) is 97.2 cm³/mol. The van der Waals surface area contributed by atoms with Crippen molar-refractivity contribution in [2.24, 2.45) is 0 Å². The highest BCUT2D eigenvalue weighted by Gasteiger charge is 2.11. The Balaban J connectivity index is 2.16. The Bertz CT molecular complexity index is 903. The highest BCUT2D eigenvalue weighted by Crippen LogP contribution is 2.32. The molecule has 0 spiro atoms. The first kappa shape index (κ1) is 15.9. The first-order valence-corrected chi connectivity index (χ1v) is 7.68. The minimum Gasteiger partial charge on any atom is -0.388 e. The molecular weight excluding hydrogens is 301 g/mol. The number of nitrogens with zero attached hydrogens (tertiary/aromatic N) is 1. The molecule has 120 valence electrons. The van der Waals surface area contributed by atoms with Gasteiger partial charge in [-0.1, -0.05) is 12.1 Å². The largest absolute Gasteiger partial charge is 0.388 e. The molecule has 3 nitrogen and oxygen atoms in total. The fourth-order valence-electron chi connectivity index (χ4n) is 2.74. The molecule has 24 heavy (non-hydrogen) atoms. The SMILES string of the molecule is CNc1ccc(-c2cccnc2-c2ccc(F)c(C)c2)cc1C=N. The summed E-state index contributed by atoms with van der Waals surface area (Å²) < 4.78 is 13.6. The van der Waals surface area contributed by atoms with E-state index in [1.54, 1.807) is 25.3 Å². The van der Waals surface area contributed by atoms with Crippen molar-refractivity contribution >= 4 is 11.9 Å². The number of hydrogen-bond donors (Lipinski definition) is 2. The molecule has 3 rings (SSSR count). The van der Waals surface area contributed by atoms with Crippen LogP contribution in [0.2, 0.25) is 0 Å². The molecular formula is C20H18FN3. The first-order valence-electron chi connectivity index (χ1n) is 7.68. The summed E-state index contributed by atoms with van der Waals surface area (Å²) in [5.74, 6) is -0.222. The second-order valence-corrected chi connectivity index (χ2v) is 5.56. The number of anilines is 1. The number of pyridine rings is 1. The lowest BCUT2D eigenvalue weighted by Crippen LogP contribution is -1.96. The smallest absolute Gasteiger partial charge is 0.126 e. The van der Waals surface area contributed by atoms with Crippen LogP contribution in [0.4, 0.5) is 10.1 Å². The van der Waals surface area contributed by atoms with E-state index in [1.807, 2.05) is 37.4 Å². The van der Waals surface area contributed by atoms with Crippen molar-refractivity contribution in [2.45, 2.75) is 6.92 Å². The average molecular weight is 319 g/mol. The molecule has 0 radical (unpaired) electrons. The van der Waals surface area contributed by atoms with E-state index >= 15 is 0 Å². The van der Waals surface area contributed by atoms with Gasteiger partial charge in [-0.25, -0.2) is 4.39 Å². The Kier molecular flexibility index (Phi) is 4.38. The number of aromatic nitrogens is 1. The summed E-state index contributed by atoms with van der Waals surface area (Å²) in [5, 5.41) is 10.7.